The molecule has 0 aliphatic rings. The molecule has 0 unspecified atom stereocenters. The lowest BCUT2D eigenvalue weighted by molar-refractivity contribution is -0.139. The van der Waals surface area contributed by atoms with E-state index in [-0.39, 0.29) is 19.1 Å². The number of aromatic nitrogens is 1. The fraction of sp³-hybridized carbons (Fsp3) is 0.227. The third kappa shape index (κ3) is 5.60. The highest BCUT2D eigenvalue weighted by atomic mass is 16.5. The van der Waals surface area contributed by atoms with Crippen molar-refractivity contribution in [2.45, 2.75) is 13.0 Å². The van der Waals surface area contributed by atoms with Gasteiger partial charge in [-0.25, -0.2) is 4.79 Å². The van der Waals surface area contributed by atoms with Gasteiger partial charge >= 0.3 is 12.1 Å². The third-order valence-corrected chi connectivity index (χ3v) is 4.53. The fourth-order valence-corrected chi connectivity index (χ4v) is 2.93. The highest BCUT2D eigenvalue weighted by Gasteiger charge is 2.11. The van der Waals surface area contributed by atoms with Crippen LogP contribution in [0, 0.1) is 0 Å². The number of carbonyl (C=O) groups excluding carboxylic acids is 3. The Bertz CT molecular complexity index is 1030. The summed E-state index contributed by atoms with van der Waals surface area (Å²) in [5.41, 5.74) is 3.18. The third-order valence-electron chi connectivity index (χ3n) is 4.53. The molecule has 0 spiro atoms. The van der Waals surface area contributed by atoms with Gasteiger partial charge in [0, 0.05) is 29.2 Å². The SMILES string of the molecule is COC(=O)CNC(=O)c1ccc2[nH]cc(CCNC(=O)OCc3ccccc3)c2c1. The lowest BCUT2D eigenvalue weighted by Crippen LogP contribution is -2.30. The predicted octanol–water partition coefficient (Wildman–Crippen LogP) is 2.54. The van der Waals surface area contributed by atoms with Gasteiger partial charge in [-0.2, -0.15) is 0 Å². The van der Waals surface area contributed by atoms with Crippen LogP contribution >= 0.6 is 0 Å². The smallest absolute Gasteiger partial charge is 0.407 e. The van der Waals surface area contributed by atoms with Crippen LogP contribution in [0.15, 0.2) is 54.7 Å². The largest absolute Gasteiger partial charge is 0.468 e. The van der Waals surface area contributed by atoms with Crippen molar-refractivity contribution < 1.29 is 23.9 Å². The second-order valence-electron chi connectivity index (χ2n) is 6.57. The van der Waals surface area contributed by atoms with Gasteiger partial charge in [0.15, 0.2) is 0 Å². The van der Waals surface area contributed by atoms with Crippen molar-refractivity contribution in [1.29, 1.82) is 0 Å². The minimum atomic E-state index is -0.517. The van der Waals surface area contributed by atoms with Crippen molar-refractivity contribution in [2.24, 2.45) is 0 Å². The van der Waals surface area contributed by atoms with Crippen molar-refractivity contribution in [3.63, 3.8) is 0 Å². The van der Waals surface area contributed by atoms with E-state index in [1.54, 1.807) is 18.2 Å². The van der Waals surface area contributed by atoms with Crippen molar-refractivity contribution in [3.05, 3.63) is 71.4 Å². The Balaban J connectivity index is 1.53. The first-order valence-corrected chi connectivity index (χ1v) is 9.46. The number of ether oxygens (including phenoxy) is 2. The molecule has 2 amide bonds. The van der Waals surface area contributed by atoms with Crippen LogP contribution in [-0.4, -0.2) is 43.2 Å². The molecule has 0 aliphatic heterocycles. The molecule has 30 heavy (non-hydrogen) atoms. The summed E-state index contributed by atoms with van der Waals surface area (Å²) in [6.07, 6.45) is 1.92. The number of nitrogens with one attached hydrogen (secondary N) is 3. The number of amides is 2. The summed E-state index contributed by atoms with van der Waals surface area (Å²) in [4.78, 5) is 38.4. The number of rotatable bonds is 8. The number of esters is 1. The monoisotopic (exact) mass is 409 g/mol. The molecule has 8 heteroatoms. The zero-order chi connectivity index (χ0) is 21.3. The maximum absolute atomic E-state index is 12.2. The van der Waals surface area contributed by atoms with E-state index in [4.69, 9.17) is 4.74 Å². The van der Waals surface area contributed by atoms with Crippen molar-refractivity contribution in [3.8, 4) is 0 Å². The molecule has 0 aliphatic carbocycles. The molecule has 0 fully saturated rings. The Morgan fingerprint density at radius 3 is 2.60 bits per heavy atom. The van der Waals surface area contributed by atoms with Gasteiger partial charge in [-0.3, -0.25) is 9.59 Å². The molecule has 3 aromatic rings. The molecule has 0 saturated carbocycles. The maximum atomic E-state index is 12.2. The summed E-state index contributed by atoms with van der Waals surface area (Å²) >= 11 is 0. The van der Waals surface area contributed by atoms with Gasteiger partial charge < -0.3 is 25.1 Å². The average molecular weight is 409 g/mol. The van der Waals surface area contributed by atoms with E-state index in [1.807, 2.05) is 36.5 Å². The van der Waals surface area contributed by atoms with Gasteiger partial charge in [0.2, 0.25) is 0 Å². The van der Waals surface area contributed by atoms with Crippen molar-refractivity contribution in [1.82, 2.24) is 15.6 Å². The van der Waals surface area contributed by atoms with Crippen molar-refractivity contribution >= 4 is 28.9 Å². The highest BCUT2D eigenvalue weighted by molar-refractivity contribution is 5.99. The minimum absolute atomic E-state index is 0.192. The molecule has 3 rings (SSSR count). The van der Waals surface area contributed by atoms with Gasteiger partial charge in [0.1, 0.15) is 13.2 Å². The zero-order valence-electron chi connectivity index (χ0n) is 16.6. The Morgan fingerprint density at radius 1 is 1.03 bits per heavy atom. The first kappa shape index (κ1) is 20.9. The Kier molecular flexibility index (Phi) is 7.05. The van der Waals surface area contributed by atoms with Gasteiger partial charge in [-0.1, -0.05) is 30.3 Å². The number of alkyl carbamates (subject to hydrolysis) is 1. The minimum Gasteiger partial charge on any atom is -0.468 e. The first-order valence-electron chi connectivity index (χ1n) is 9.46. The lowest BCUT2D eigenvalue weighted by Gasteiger charge is -2.07. The Labute approximate surface area is 173 Å². The standard InChI is InChI=1S/C22H23N3O5/c1-29-20(26)13-25-21(27)16-7-8-19-18(11-16)17(12-24-19)9-10-23-22(28)30-14-15-5-3-2-4-6-15/h2-8,11-12,24H,9-10,13-14H2,1H3,(H,23,28)(H,25,27). The van der Waals surface area contributed by atoms with Gasteiger partial charge in [0.25, 0.3) is 5.91 Å². The summed E-state index contributed by atoms with van der Waals surface area (Å²) in [5.74, 6) is -0.881. The van der Waals surface area contributed by atoms with Crippen LogP contribution in [0.5, 0.6) is 0 Å². The molecule has 3 N–H and O–H groups in total. The van der Waals surface area contributed by atoms with Crippen LogP contribution in [0.3, 0.4) is 0 Å². The van der Waals surface area contributed by atoms with E-state index < -0.39 is 12.1 Å². The summed E-state index contributed by atoms with van der Waals surface area (Å²) in [6, 6.07) is 14.7. The van der Waals surface area contributed by atoms with E-state index in [2.05, 4.69) is 20.4 Å². The Morgan fingerprint density at radius 2 is 1.83 bits per heavy atom. The normalized spacial score (nSPS) is 10.4. The van der Waals surface area contributed by atoms with E-state index >= 15 is 0 Å². The number of methoxy groups -OCH3 is 1. The van der Waals surface area contributed by atoms with Crippen LogP contribution in [0.2, 0.25) is 0 Å². The molecule has 0 atom stereocenters. The van der Waals surface area contributed by atoms with E-state index in [0.717, 1.165) is 22.0 Å². The number of hydrogen-bond acceptors (Lipinski definition) is 5. The zero-order valence-corrected chi connectivity index (χ0v) is 16.6. The number of carbonyl (C=O) groups is 3. The molecule has 0 bridgehead atoms. The van der Waals surface area contributed by atoms with Gasteiger partial charge in [0.05, 0.1) is 7.11 Å². The van der Waals surface area contributed by atoms with Crippen LogP contribution < -0.4 is 10.6 Å². The molecule has 1 heterocycles. The number of benzene rings is 2. The fourth-order valence-electron chi connectivity index (χ4n) is 2.93. The molecule has 0 saturated heterocycles. The first-order chi connectivity index (χ1) is 14.6. The Hall–Kier alpha value is -3.81. The molecule has 0 radical (unpaired) electrons. The predicted molar refractivity (Wildman–Crippen MR) is 111 cm³/mol. The molecule has 8 nitrogen and oxygen atoms in total. The van der Waals surface area contributed by atoms with Crippen LogP contribution in [0.4, 0.5) is 4.79 Å². The lowest BCUT2D eigenvalue weighted by atomic mass is 10.1. The van der Waals surface area contributed by atoms with E-state index in [0.29, 0.717) is 18.5 Å². The number of aromatic amines is 1. The summed E-state index contributed by atoms with van der Waals surface area (Å²) < 4.78 is 9.71. The van der Waals surface area contributed by atoms with E-state index in [9.17, 15) is 14.4 Å². The molecular weight excluding hydrogens is 386 g/mol. The van der Waals surface area contributed by atoms with Crippen LogP contribution in [-0.2, 0) is 27.3 Å². The number of H-pyrrole nitrogens is 1. The molecule has 156 valence electrons. The van der Waals surface area contributed by atoms with Gasteiger partial charge in [-0.15, -0.1) is 0 Å². The molecular formula is C22H23N3O5. The van der Waals surface area contributed by atoms with Crippen LogP contribution in [0.1, 0.15) is 21.5 Å². The van der Waals surface area contributed by atoms with Gasteiger partial charge in [-0.05, 0) is 35.7 Å². The highest BCUT2D eigenvalue weighted by Crippen LogP contribution is 2.20. The summed E-state index contributed by atoms with van der Waals surface area (Å²) in [7, 11) is 1.26. The quantitative estimate of drug-likeness (QED) is 0.496. The maximum Gasteiger partial charge on any atom is 0.407 e. The second-order valence-corrected chi connectivity index (χ2v) is 6.57. The second kappa shape index (κ2) is 10.1. The summed E-state index contributed by atoms with van der Waals surface area (Å²) in [5, 5.41) is 6.12. The van der Waals surface area contributed by atoms with Crippen molar-refractivity contribution in [2.75, 3.05) is 20.2 Å². The van der Waals surface area contributed by atoms with Crippen LogP contribution in [0.25, 0.3) is 10.9 Å². The number of fused-ring (bicyclic) bond motifs is 1. The molecule has 2 aromatic carbocycles. The topological polar surface area (TPSA) is 110 Å². The summed E-state index contributed by atoms with van der Waals surface area (Å²) in [6.45, 7) is 0.408. The van der Waals surface area contributed by atoms with E-state index in [1.165, 1.54) is 7.11 Å². The number of hydrogen-bond donors (Lipinski definition) is 3. The average Bonchev–Trinajstić information content (AvgIpc) is 3.18. The molecule has 1 aromatic heterocycles.